The normalized spacial score (nSPS) is 15.7. The van der Waals surface area contributed by atoms with Crippen LogP contribution in [0.5, 0.6) is 11.5 Å². The Morgan fingerprint density at radius 2 is 2.00 bits per heavy atom. The van der Waals surface area contributed by atoms with E-state index < -0.39 is 0 Å². The van der Waals surface area contributed by atoms with Gasteiger partial charge in [-0.3, -0.25) is 9.69 Å². The van der Waals surface area contributed by atoms with Crippen LogP contribution in [0.15, 0.2) is 76.5 Å². The molecule has 1 amide bonds. The van der Waals surface area contributed by atoms with Crippen LogP contribution in [0.2, 0.25) is 0 Å². The van der Waals surface area contributed by atoms with Gasteiger partial charge in [0.2, 0.25) is 5.13 Å². The molecule has 8 heteroatoms. The number of carbonyl (C=O) groups is 1. The summed E-state index contributed by atoms with van der Waals surface area (Å²) in [6, 6.07) is 15.6. The Labute approximate surface area is 214 Å². The number of thioether (sulfide) groups is 1. The molecule has 0 N–H and O–H groups in total. The van der Waals surface area contributed by atoms with Crippen LogP contribution in [0.3, 0.4) is 0 Å². The second-order valence-corrected chi connectivity index (χ2v) is 9.55. The van der Waals surface area contributed by atoms with Crippen LogP contribution < -0.4 is 9.47 Å². The lowest BCUT2D eigenvalue weighted by atomic mass is 10.2. The minimum absolute atomic E-state index is 0.115. The predicted molar refractivity (Wildman–Crippen MR) is 146 cm³/mol. The number of amides is 1. The van der Waals surface area contributed by atoms with Crippen molar-refractivity contribution in [2.24, 2.45) is 4.99 Å². The minimum Gasteiger partial charge on any atom is -0.493 e. The molecule has 2 heterocycles. The highest BCUT2D eigenvalue weighted by atomic mass is 32.2. The van der Waals surface area contributed by atoms with Gasteiger partial charge in [-0.15, -0.1) is 17.9 Å². The molecule has 0 saturated carbocycles. The molecule has 0 unspecified atom stereocenters. The highest BCUT2D eigenvalue weighted by molar-refractivity contribution is 8.18. The molecule has 180 valence electrons. The monoisotopic (exact) mass is 505 g/mol. The maximum Gasteiger partial charge on any atom is 0.267 e. The molecule has 0 radical (unpaired) electrons. The van der Waals surface area contributed by atoms with E-state index in [-0.39, 0.29) is 5.91 Å². The molecule has 1 aliphatic rings. The third kappa shape index (κ3) is 6.01. The van der Waals surface area contributed by atoms with Gasteiger partial charge < -0.3 is 9.47 Å². The molecule has 4 rings (SSSR count). The molecule has 35 heavy (non-hydrogen) atoms. The van der Waals surface area contributed by atoms with Crippen molar-refractivity contribution >= 4 is 45.4 Å². The van der Waals surface area contributed by atoms with Crippen molar-refractivity contribution in [1.82, 2.24) is 9.88 Å². The molecule has 1 fully saturated rings. The van der Waals surface area contributed by atoms with Crippen molar-refractivity contribution in [2.75, 3.05) is 20.3 Å². The minimum atomic E-state index is -0.115. The number of carbonyl (C=O) groups excluding carboxylic acids is 1. The number of amidine groups is 1. The Morgan fingerprint density at radius 3 is 2.74 bits per heavy atom. The molecular formula is C27H27N3O3S2. The van der Waals surface area contributed by atoms with E-state index in [1.807, 2.05) is 60.0 Å². The lowest BCUT2D eigenvalue weighted by molar-refractivity contribution is -0.121. The highest BCUT2D eigenvalue weighted by Gasteiger charge is 2.33. The number of aromatic nitrogens is 1. The zero-order valence-electron chi connectivity index (χ0n) is 19.8. The van der Waals surface area contributed by atoms with Crippen LogP contribution in [0.4, 0.5) is 5.13 Å². The van der Waals surface area contributed by atoms with E-state index >= 15 is 0 Å². The standard InChI is InChI=1S/C27H27N3O3S2/c1-4-6-15-33-22-13-12-19(16-23(22)32-3)17-24-25(31)30(14-5-2)27(35-24)29-26-28-21(18-34-26)20-10-8-7-9-11-20/h5,7-13,16-18H,2,4,6,14-15H2,1,3H3/b24-17-,29-27+. The van der Waals surface area contributed by atoms with Crippen molar-refractivity contribution < 1.29 is 14.3 Å². The van der Waals surface area contributed by atoms with Crippen molar-refractivity contribution in [3.63, 3.8) is 0 Å². The van der Waals surface area contributed by atoms with Gasteiger partial charge in [-0.1, -0.05) is 55.8 Å². The van der Waals surface area contributed by atoms with Gasteiger partial charge in [-0.2, -0.15) is 4.99 Å². The van der Waals surface area contributed by atoms with Gasteiger partial charge in [0.25, 0.3) is 5.91 Å². The summed E-state index contributed by atoms with van der Waals surface area (Å²) in [6.07, 6.45) is 5.58. The largest absolute Gasteiger partial charge is 0.493 e. The number of rotatable bonds is 10. The summed E-state index contributed by atoms with van der Waals surface area (Å²) in [5.41, 5.74) is 2.74. The number of thiazole rings is 1. The zero-order valence-corrected chi connectivity index (χ0v) is 21.4. The van der Waals surface area contributed by atoms with E-state index in [9.17, 15) is 4.79 Å². The third-order valence-corrected chi connectivity index (χ3v) is 6.93. The fraction of sp³-hybridized carbons (Fsp3) is 0.222. The van der Waals surface area contributed by atoms with Gasteiger partial charge in [0.1, 0.15) is 0 Å². The average molecular weight is 506 g/mol. The number of nitrogens with zero attached hydrogens (tertiary/aromatic N) is 3. The lowest BCUT2D eigenvalue weighted by Gasteiger charge is -2.12. The van der Waals surface area contributed by atoms with Crippen LogP contribution in [0, 0.1) is 0 Å². The van der Waals surface area contributed by atoms with Crippen LogP contribution in [0.25, 0.3) is 17.3 Å². The van der Waals surface area contributed by atoms with E-state index in [1.165, 1.54) is 23.1 Å². The van der Waals surface area contributed by atoms with Crippen molar-refractivity contribution in [3.05, 3.63) is 77.0 Å². The topological polar surface area (TPSA) is 64.0 Å². The Balaban J connectivity index is 1.58. The number of methoxy groups -OCH3 is 1. The van der Waals surface area contributed by atoms with E-state index in [4.69, 9.17) is 14.5 Å². The molecule has 1 saturated heterocycles. The van der Waals surface area contributed by atoms with Gasteiger partial charge in [-0.25, -0.2) is 4.98 Å². The van der Waals surface area contributed by atoms with Crippen molar-refractivity contribution in [1.29, 1.82) is 0 Å². The Hall–Kier alpha value is -3.36. The number of aliphatic imine (C=N–C) groups is 1. The van der Waals surface area contributed by atoms with Gasteiger partial charge in [0.05, 0.1) is 24.3 Å². The van der Waals surface area contributed by atoms with E-state index in [0.717, 1.165) is 29.7 Å². The first-order valence-corrected chi connectivity index (χ1v) is 13.0. The summed E-state index contributed by atoms with van der Waals surface area (Å²) in [5, 5.41) is 3.16. The van der Waals surface area contributed by atoms with E-state index in [1.54, 1.807) is 18.1 Å². The predicted octanol–water partition coefficient (Wildman–Crippen LogP) is 6.79. The Morgan fingerprint density at radius 1 is 1.17 bits per heavy atom. The smallest absolute Gasteiger partial charge is 0.267 e. The van der Waals surface area contributed by atoms with Gasteiger partial charge in [-0.05, 0) is 42.0 Å². The molecule has 0 spiro atoms. The molecule has 0 bridgehead atoms. The number of unbranched alkanes of at least 4 members (excludes halogenated alkanes) is 1. The molecule has 3 aromatic rings. The van der Waals surface area contributed by atoms with E-state index in [0.29, 0.717) is 39.9 Å². The van der Waals surface area contributed by atoms with Crippen molar-refractivity contribution in [2.45, 2.75) is 19.8 Å². The Bertz CT molecular complexity index is 1250. The van der Waals surface area contributed by atoms with Crippen LogP contribution in [0.1, 0.15) is 25.3 Å². The van der Waals surface area contributed by atoms with Crippen molar-refractivity contribution in [3.8, 4) is 22.8 Å². The summed E-state index contributed by atoms with van der Waals surface area (Å²) in [5.74, 6) is 1.22. The summed E-state index contributed by atoms with van der Waals surface area (Å²) in [6.45, 7) is 6.92. The molecule has 2 aromatic carbocycles. The first-order chi connectivity index (χ1) is 17.1. The zero-order chi connectivity index (χ0) is 24.6. The fourth-order valence-corrected chi connectivity index (χ4v) is 5.13. The first kappa shape index (κ1) is 24.8. The number of hydrogen-bond donors (Lipinski definition) is 0. The molecule has 6 nitrogen and oxygen atoms in total. The van der Waals surface area contributed by atoms with Gasteiger partial charge >= 0.3 is 0 Å². The maximum atomic E-state index is 13.2. The SMILES string of the molecule is C=CCN1C(=O)/C(=C/c2ccc(OCCCC)c(OC)c2)S/C1=N/c1nc(-c2ccccc2)cs1. The maximum absolute atomic E-state index is 13.2. The number of hydrogen-bond acceptors (Lipinski definition) is 7. The quantitative estimate of drug-likeness (QED) is 0.172. The van der Waals surface area contributed by atoms with Crippen LogP contribution in [-0.2, 0) is 4.79 Å². The number of ether oxygens (including phenoxy) is 2. The summed E-state index contributed by atoms with van der Waals surface area (Å²) < 4.78 is 11.3. The molecule has 0 atom stereocenters. The first-order valence-electron chi connectivity index (χ1n) is 11.4. The van der Waals surface area contributed by atoms with Crippen LogP contribution >= 0.6 is 23.1 Å². The summed E-state index contributed by atoms with van der Waals surface area (Å²) >= 11 is 2.78. The molecular weight excluding hydrogens is 478 g/mol. The van der Waals surface area contributed by atoms with Gasteiger partial charge in [0.15, 0.2) is 16.7 Å². The summed E-state index contributed by atoms with van der Waals surface area (Å²) in [7, 11) is 1.61. The van der Waals surface area contributed by atoms with Gasteiger partial charge in [0, 0.05) is 17.5 Å². The molecule has 1 aliphatic heterocycles. The average Bonchev–Trinajstić information content (AvgIpc) is 3.46. The fourth-order valence-electron chi connectivity index (χ4n) is 3.39. The van der Waals surface area contributed by atoms with Crippen LogP contribution in [-0.4, -0.2) is 41.2 Å². The van der Waals surface area contributed by atoms with E-state index in [2.05, 4.69) is 18.5 Å². The summed E-state index contributed by atoms with van der Waals surface area (Å²) in [4.78, 5) is 24.7. The Kier molecular flexibility index (Phi) is 8.39. The second-order valence-electron chi connectivity index (χ2n) is 7.70. The highest BCUT2D eigenvalue weighted by Crippen LogP contribution is 2.37. The third-order valence-electron chi connectivity index (χ3n) is 5.19. The second kappa shape index (κ2) is 11.9. The number of benzene rings is 2. The lowest BCUT2D eigenvalue weighted by Crippen LogP contribution is -2.29. The molecule has 0 aliphatic carbocycles. The molecule has 1 aromatic heterocycles.